The Bertz CT molecular complexity index is 367. The minimum Gasteiger partial charge on any atom is -0.450 e. The first-order chi connectivity index (χ1) is 9.19. The second-order valence-corrected chi connectivity index (χ2v) is 4.68. The molecule has 0 aromatic heterocycles. The lowest BCUT2D eigenvalue weighted by Crippen LogP contribution is -2.34. The van der Waals surface area contributed by atoms with E-state index >= 15 is 0 Å². The minimum absolute atomic E-state index is 0.00873. The summed E-state index contributed by atoms with van der Waals surface area (Å²) in [7, 11) is 0. The molecule has 4 nitrogen and oxygen atoms in total. The average molecular weight is 265 g/mol. The lowest BCUT2D eigenvalue weighted by atomic mass is 9.95. The molecule has 0 spiro atoms. The molecule has 1 aromatic rings. The van der Waals surface area contributed by atoms with Gasteiger partial charge < -0.3 is 15.2 Å². The van der Waals surface area contributed by atoms with Gasteiger partial charge in [-0.25, -0.2) is 4.79 Å². The molecule has 0 radical (unpaired) electrons. The van der Waals surface area contributed by atoms with Gasteiger partial charge in [0.05, 0.1) is 12.6 Å². The number of carbonyl (C=O) groups excluding carboxylic acids is 1. The second-order valence-electron chi connectivity index (χ2n) is 4.68. The summed E-state index contributed by atoms with van der Waals surface area (Å²) >= 11 is 0. The van der Waals surface area contributed by atoms with E-state index in [1.807, 2.05) is 44.2 Å². The van der Waals surface area contributed by atoms with Crippen molar-refractivity contribution in [3.05, 3.63) is 35.9 Å². The summed E-state index contributed by atoms with van der Waals surface area (Å²) < 4.78 is 5.10. The Morgan fingerprint density at radius 2 is 2.05 bits per heavy atom. The predicted molar refractivity (Wildman–Crippen MR) is 74.8 cm³/mol. The Kier molecular flexibility index (Phi) is 6.97. The first-order valence-electron chi connectivity index (χ1n) is 6.78. The van der Waals surface area contributed by atoms with Crippen molar-refractivity contribution >= 4 is 6.09 Å². The number of carbonyl (C=O) groups is 1. The van der Waals surface area contributed by atoms with E-state index < -0.39 is 6.09 Å². The van der Waals surface area contributed by atoms with Crippen molar-refractivity contribution < 1.29 is 14.6 Å². The fourth-order valence-electron chi connectivity index (χ4n) is 1.80. The number of hydrogen-bond acceptors (Lipinski definition) is 3. The number of unbranched alkanes of at least 4 members (excludes halogenated alkanes) is 1. The van der Waals surface area contributed by atoms with Gasteiger partial charge in [-0.2, -0.15) is 0 Å². The first kappa shape index (κ1) is 15.5. The largest absolute Gasteiger partial charge is 0.450 e. The smallest absolute Gasteiger partial charge is 0.407 e. The highest BCUT2D eigenvalue weighted by molar-refractivity contribution is 5.67. The molecule has 1 aromatic carbocycles. The van der Waals surface area contributed by atoms with Crippen molar-refractivity contribution in [3.8, 4) is 0 Å². The zero-order valence-electron chi connectivity index (χ0n) is 11.6. The molecule has 0 aliphatic rings. The first-order valence-corrected chi connectivity index (χ1v) is 6.78. The van der Waals surface area contributed by atoms with E-state index in [1.54, 1.807) is 0 Å². The molecular weight excluding hydrogens is 242 g/mol. The van der Waals surface area contributed by atoms with E-state index in [9.17, 15) is 9.90 Å². The molecule has 4 heteroatoms. The third-order valence-electron chi connectivity index (χ3n) is 3.02. The number of hydrogen-bond donors (Lipinski definition) is 2. The molecular formula is C15H23NO3. The van der Waals surface area contributed by atoms with Gasteiger partial charge in [0.1, 0.15) is 0 Å². The number of rotatable bonds is 7. The molecule has 0 heterocycles. The van der Waals surface area contributed by atoms with Crippen LogP contribution >= 0.6 is 0 Å². The zero-order valence-corrected chi connectivity index (χ0v) is 11.6. The predicted octanol–water partition coefficient (Wildman–Crippen LogP) is 2.88. The zero-order chi connectivity index (χ0) is 14.1. The number of aliphatic hydroxyl groups is 1. The number of alkyl carbamates (subject to hydrolysis) is 1. The van der Waals surface area contributed by atoms with Crippen molar-refractivity contribution in [2.75, 3.05) is 13.2 Å². The molecule has 19 heavy (non-hydrogen) atoms. The second kappa shape index (κ2) is 8.53. The summed E-state index contributed by atoms with van der Waals surface area (Å²) in [6, 6.07) is 9.38. The molecule has 2 N–H and O–H groups in total. The van der Waals surface area contributed by atoms with E-state index in [1.165, 1.54) is 0 Å². The van der Waals surface area contributed by atoms with Crippen molar-refractivity contribution in [2.24, 2.45) is 5.92 Å². The Hall–Kier alpha value is -1.55. The normalized spacial score (nSPS) is 13.6. The summed E-state index contributed by atoms with van der Waals surface area (Å²) in [5, 5.41) is 12.1. The summed E-state index contributed by atoms with van der Waals surface area (Å²) in [4.78, 5) is 11.7. The van der Waals surface area contributed by atoms with Crippen LogP contribution in [0.25, 0.3) is 0 Å². The van der Waals surface area contributed by atoms with Crippen LogP contribution in [0.4, 0.5) is 4.79 Å². The van der Waals surface area contributed by atoms with Crippen molar-refractivity contribution in [1.29, 1.82) is 0 Å². The highest BCUT2D eigenvalue weighted by atomic mass is 16.5. The Morgan fingerprint density at radius 1 is 1.37 bits per heavy atom. The number of nitrogens with one attached hydrogen (secondary N) is 1. The maximum Gasteiger partial charge on any atom is 0.407 e. The Labute approximate surface area is 114 Å². The fourth-order valence-corrected chi connectivity index (χ4v) is 1.80. The van der Waals surface area contributed by atoms with E-state index in [0.717, 1.165) is 18.4 Å². The van der Waals surface area contributed by atoms with Gasteiger partial charge in [0.25, 0.3) is 0 Å². The van der Waals surface area contributed by atoms with Gasteiger partial charge in [-0.1, -0.05) is 50.6 Å². The summed E-state index contributed by atoms with van der Waals surface area (Å²) in [5.41, 5.74) is 0.969. The van der Waals surface area contributed by atoms with Crippen molar-refractivity contribution in [3.63, 3.8) is 0 Å². The lowest BCUT2D eigenvalue weighted by molar-refractivity contribution is 0.131. The summed E-state index contributed by atoms with van der Waals surface area (Å²) in [6.07, 6.45) is 1.42. The molecule has 0 saturated carbocycles. The van der Waals surface area contributed by atoms with Crippen LogP contribution in [0, 0.1) is 5.92 Å². The monoisotopic (exact) mass is 265 g/mol. The van der Waals surface area contributed by atoms with Gasteiger partial charge in [-0.3, -0.25) is 0 Å². The average Bonchev–Trinajstić information content (AvgIpc) is 2.45. The fraction of sp³-hybridized carbons (Fsp3) is 0.533. The van der Waals surface area contributed by atoms with Gasteiger partial charge in [-0.15, -0.1) is 0 Å². The van der Waals surface area contributed by atoms with Gasteiger partial charge in [0.15, 0.2) is 0 Å². The molecule has 0 saturated heterocycles. The van der Waals surface area contributed by atoms with Crippen LogP contribution in [0.2, 0.25) is 0 Å². The molecule has 0 fully saturated rings. The Balaban J connectivity index is 2.63. The minimum atomic E-state index is -0.428. The Morgan fingerprint density at radius 3 is 2.63 bits per heavy atom. The molecule has 2 atom stereocenters. The molecule has 106 valence electrons. The maximum absolute atomic E-state index is 11.7. The quantitative estimate of drug-likeness (QED) is 0.745. The van der Waals surface area contributed by atoms with Gasteiger partial charge >= 0.3 is 6.09 Å². The van der Waals surface area contributed by atoms with Crippen LogP contribution in [0.15, 0.2) is 30.3 Å². The third-order valence-corrected chi connectivity index (χ3v) is 3.02. The third kappa shape index (κ3) is 5.30. The van der Waals surface area contributed by atoms with Crippen molar-refractivity contribution in [1.82, 2.24) is 5.32 Å². The van der Waals surface area contributed by atoms with Gasteiger partial charge in [0.2, 0.25) is 0 Å². The van der Waals surface area contributed by atoms with Crippen LogP contribution in [0.3, 0.4) is 0 Å². The number of amides is 1. The lowest BCUT2D eigenvalue weighted by Gasteiger charge is -2.23. The summed E-state index contributed by atoms with van der Waals surface area (Å²) in [6.45, 7) is 4.37. The van der Waals surface area contributed by atoms with Crippen LogP contribution in [0.5, 0.6) is 0 Å². The van der Waals surface area contributed by atoms with Crippen LogP contribution in [0.1, 0.15) is 38.3 Å². The van der Waals surface area contributed by atoms with E-state index in [2.05, 4.69) is 5.32 Å². The highest BCUT2D eigenvalue weighted by Gasteiger charge is 2.21. The summed E-state index contributed by atoms with van der Waals surface area (Å²) in [5.74, 6) is -0.0684. The van der Waals surface area contributed by atoms with Gasteiger partial charge in [0, 0.05) is 12.5 Å². The van der Waals surface area contributed by atoms with Crippen molar-refractivity contribution in [2.45, 2.75) is 32.7 Å². The van der Waals surface area contributed by atoms with E-state index in [0.29, 0.717) is 6.61 Å². The van der Waals surface area contributed by atoms with Crippen LogP contribution in [-0.4, -0.2) is 24.4 Å². The maximum atomic E-state index is 11.7. The molecule has 0 bridgehead atoms. The van der Waals surface area contributed by atoms with Gasteiger partial charge in [-0.05, 0) is 12.0 Å². The number of benzene rings is 1. The van der Waals surface area contributed by atoms with Crippen LogP contribution < -0.4 is 5.32 Å². The van der Waals surface area contributed by atoms with E-state index in [4.69, 9.17) is 4.74 Å². The SMILES string of the molecule is CCCCOC(=O)NC(c1ccccc1)C(C)CO. The van der Waals surface area contributed by atoms with Crippen LogP contribution in [-0.2, 0) is 4.74 Å². The molecule has 1 amide bonds. The molecule has 0 aliphatic heterocycles. The highest BCUT2D eigenvalue weighted by Crippen LogP contribution is 2.21. The molecule has 2 unspecified atom stereocenters. The molecule has 0 aliphatic carbocycles. The topological polar surface area (TPSA) is 58.6 Å². The number of ether oxygens (including phenoxy) is 1. The molecule has 1 rings (SSSR count). The van der Waals surface area contributed by atoms with E-state index in [-0.39, 0.29) is 18.6 Å². The standard InChI is InChI=1S/C15H23NO3/c1-3-4-10-19-15(18)16-14(12(2)11-17)13-8-6-5-7-9-13/h5-9,12,14,17H,3-4,10-11H2,1-2H3,(H,16,18). The number of aliphatic hydroxyl groups excluding tert-OH is 1.